The van der Waals surface area contributed by atoms with Gasteiger partial charge in [-0.3, -0.25) is 4.79 Å². The molecule has 2 heterocycles. The summed E-state index contributed by atoms with van der Waals surface area (Å²) in [6.07, 6.45) is 6.68. The second kappa shape index (κ2) is 10.0. The van der Waals surface area contributed by atoms with Crippen LogP contribution >= 0.6 is 0 Å². The molecule has 2 aromatic heterocycles. The number of aromatic nitrogens is 2. The average molecular weight is 482 g/mol. The lowest BCUT2D eigenvalue weighted by molar-refractivity contribution is 0.0950. The highest BCUT2D eigenvalue weighted by Gasteiger charge is 2.26. The number of sulfone groups is 1. The van der Waals surface area contributed by atoms with Gasteiger partial charge in [-0.1, -0.05) is 31.5 Å². The Bertz CT molecular complexity index is 1420. The van der Waals surface area contributed by atoms with E-state index in [1.54, 1.807) is 47.3 Å². The molecule has 0 fully saturated rings. The van der Waals surface area contributed by atoms with Gasteiger partial charge in [0.15, 0.2) is 0 Å². The summed E-state index contributed by atoms with van der Waals surface area (Å²) in [5, 5.41) is 2.81. The summed E-state index contributed by atoms with van der Waals surface area (Å²) < 4.78 is 48.2. The predicted octanol–water partition coefficient (Wildman–Crippen LogP) is 4.42. The normalized spacial score (nSPS) is 11.5. The van der Waals surface area contributed by atoms with Crippen molar-refractivity contribution in [2.24, 2.45) is 0 Å². The molecule has 0 bridgehead atoms. The van der Waals surface area contributed by atoms with Gasteiger partial charge in [-0.2, -0.15) is 0 Å². The van der Waals surface area contributed by atoms with E-state index in [1.165, 1.54) is 24.3 Å². The van der Waals surface area contributed by atoms with Gasteiger partial charge in [-0.05, 0) is 48.4 Å². The van der Waals surface area contributed by atoms with Crippen LogP contribution in [0.2, 0.25) is 0 Å². The summed E-state index contributed by atoms with van der Waals surface area (Å²) in [5.41, 5.74) is 1.91. The zero-order chi connectivity index (χ0) is 24.1. The highest BCUT2D eigenvalue weighted by Crippen LogP contribution is 2.32. The van der Waals surface area contributed by atoms with Crippen molar-refractivity contribution in [1.82, 2.24) is 14.7 Å². The second-order valence-electron chi connectivity index (χ2n) is 7.71. The van der Waals surface area contributed by atoms with E-state index < -0.39 is 20.5 Å². The monoisotopic (exact) mass is 481 g/mol. The minimum absolute atomic E-state index is 0.000323. The van der Waals surface area contributed by atoms with E-state index in [0.29, 0.717) is 17.7 Å². The van der Waals surface area contributed by atoms with Gasteiger partial charge in [0, 0.05) is 25.1 Å². The van der Waals surface area contributed by atoms with Crippen LogP contribution in [0.15, 0.2) is 83.0 Å². The lowest BCUT2D eigenvalue weighted by Gasteiger charge is -2.13. The molecule has 7 nitrogen and oxygen atoms in total. The number of pyridine rings is 1. The van der Waals surface area contributed by atoms with Gasteiger partial charge in [0.05, 0.1) is 17.1 Å². The van der Waals surface area contributed by atoms with Gasteiger partial charge in [-0.25, -0.2) is 17.8 Å². The van der Waals surface area contributed by atoms with Crippen molar-refractivity contribution in [2.45, 2.75) is 36.1 Å². The first kappa shape index (κ1) is 23.4. The number of nitrogens with one attached hydrogen (secondary N) is 1. The molecule has 0 aliphatic carbocycles. The van der Waals surface area contributed by atoms with Gasteiger partial charge in [0.1, 0.15) is 22.1 Å². The molecule has 9 heteroatoms. The number of carbonyl (C=O) groups is 1. The number of fused-ring (bicyclic) bond motifs is 1. The molecule has 0 saturated carbocycles. The number of rotatable bonds is 9. The quantitative estimate of drug-likeness (QED) is 0.358. The molecule has 1 amide bonds. The molecular weight excluding hydrogens is 457 g/mol. The number of benzene rings is 2. The topological polar surface area (TPSA) is 89.8 Å². The molecule has 1 N–H and O–H groups in total. The Kier molecular flexibility index (Phi) is 6.93. The van der Waals surface area contributed by atoms with E-state index in [1.807, 2.05) is 6.92 Å². The van der Waals surface area contributed by atoms with Gasteiger partial charge in [0.2, 0.25) is 9.84 Å². The molecule has 176 valence electrons. The standard InChI is InChI=1S/C25H24FN3O4S/c1-2-3-15-33-22-6-4-5-21(26)24(22)34(31,32)20-10-7-18(8-11-20)16-28-25(30)19-9-12-23-27-13-14-29(23)17-19/h4-14,17H,2-3,15-16H2,1H3,(H,28,30). The smallest absolute Gasteiger partial charge is 0.253 e. The Labute approximate surface area is 197 Å². The van der Waals surface area contributed by atoms with Gasteiger partial charge in [-0.15, -0.1) is 0 Å². The van der Waals surface area contributed by atoms with E-state index in [-0.39, 0.29) is 23.1 Å². The first-order valence-corrected chi connectivity index (χ1v) is 12.3. The summed E-state index contributed by atoms with van der Waals surface area (Å²) in [6, 6.07) is 13.4. The molecular formula is C25H24FN3O4S. The molecule has 0 saturated heterocycles. The number of carbonyl (C=O) groups excluding carboxylic acids is 1. The summed E-state index contributed by atoms with van der Waals surface area (Å²) in [4.78, 5) is 16.1. The lowest BCUT2D eigenvalue weighted by atomic mass is 10.2. The molecule has 2 aromatic carbocycles. The minimum Gasteiger partial charge on any atom is -0.492 e. The van der Waals surface area contributed by atoms with Crippen LogP contribution in [-0.4, -0.2) is 30.3 Å². The van der Waals surface area contributed by atoms with Crippen molar-refractivity contribution >= 4 is 21.4 Å². The van der Waals surface area contributed by atoms with Crippen LogP contribution in [-0.2, 0) is 16.4 Å². The molecule has 4 aromatic rings. The van der Waals surface area contributed by atoms with Crippen molar-refractivity contribution in [1.29, 1.82) is 0 Å². The maximum absolute atomic E-state index is 14.6. The van der Waals surface area contributed by atoms with E-state index in [0.717, 1.165) is 24.6 Å². The van der Waals surface area contributed by atoms with Crippen LogP contribution in [0.4, 0.5) is 4.39 Å². The van der Waals surface area contributed by atoms with Crippen LogP contribution in [0.1, 0.15) is 35.7 Å². The zero-order valence-corrected chi connectivity index (χ0v) is 19.4. The summed E-state index contributed by atoms with van der Waals surface area (Å²) in [5.74, 6) is -1.13. The Morgan fingerprint density at radius 3 is 2.68 bits per heavy atom. The van der Waals surface area contributed by atoms with Crippen molar-refractivity contribution < 1.29 is 22.3 Å². The van der Waals surface area contributed by atoms with Gasteiger partial charge >= 0.3 is 0 Å². The van der Waals surface area contributed by atoms with Crippen LogP contribution in [0.25, 0.3) is 5.65 Å². The fourth-order valence-corrected chi connectivity index (χ4v) is 4.88. The SMILES string of the molecule is CCCCOc1cccc(F)c1S(=O)(=O)c1ccc(CNC(=O)c2ccc3nccn3c2)cc1. The van der Waals surface area contributed by atoms with Crippen LogP contribution < -0.4 is 10.1 Å². The zero-order valence-electron chi connectivity index (χ0n) is 18.6. The number of hydrogen-bond acceptors (Lipinski definition) is 5. The predicted molar refractivity (Wildman–Crippen MR) is 125 cm³/mol. The molecule has 0 aliphatic rings. The number of imidazole rings is 1. The third kappa shape index (κ3) is 4.94. The highest BCUT2D eigenvalue weighted by molar-refractivity contribution is 7.91. The first-order chi connectivity index (χ1) is 16.4. The van der Waals surface area contributed by atoms with Crippen molar-refractivity contribution in [3.63, 3.8) is 0 Å². The number of unbranched alkanes of at least 4 members (excludes halogenated alkanes) is 1. The van der Waals surface area contributed by atoms with Gasteiger partial charge in [0.25, 0.3) is 5.91 Å². The minimum atomic E-state index is -4.14. The van der Waals surface area contributed by atoms with Crippen LogP contribution in [0.5, 0.6) is 5.75 Å². The molecule has 34 heavy (non-hydrogen) atoms. The Balaban J connectivity index is 1.48. The third-order valence-corrected chi connectivity index (χ3v) is 7.12. The molecule has 4 rings (SSSR count). The number of hydrogen-bond donors (Lipinski definition) is 1. The number of amides is 1. The third-order valence-electron chi connectivity index (χ3n) is 5.29. The van der Waals surface area contributed by atoms with E-state index in [9.17, 15) is 17.6 Å². The summed E-state index contributed by atoms with van der Waals surface area (Å²) in [7, 11) is -4.14. The maximum Gasteiger partial charge on any atom is 0.253 e. The average Bonchev–Trinajstić information content (AvgIpc) is 3.31. The Morgan fingerprint density at radius 2 is 1.91 bits per heavy atom. The lowest BCUT2D eigenvalue weighted by Crippen LogP contribution is -2.23. The Hall–Kier alpha value is -3.72. The van der Waals surface area contributed by atoms with E-state index in [4.69, 9.17) is 4.74 Å². The van der Waals surface area contributed by atoms with Crippen LogP contribution in [0.3, 0.4) is 0 Å². The fraction of sp³-hybridized carbons (Fsp3) is 0.200. The van der Waals surface area contributed by atoms with Crippen molar-refractivity contribution in [3.05, 3.63) is 90.1 Å². The summed E-state index contributed by atoms with van der Waals surface area (Å²) in [6.45, 7) is 2.48. The number of ether oxygens (including phenoxy) is 1. The fourth-order valence-electron chi connectivity index (χ4n) is 3.43. The molecule has 0 spiro atoms. The largest absolute Gasteiger partial charge is 0.492 e. The molecule has 0 unspecified atom stereocenters. The van der Waals surface area contributed by atoms with E-state index in [2.05, 4.69) is 10.3 Å². The maximum atomic E-state index is 14.6. The molecule has 0 aliphatic heterocycles. The van der Waals surface area contributed by atoms with Crippen molar-refractivity contribution in [3.8, 4) is 5.75 Å². The highest BCUT2D eigenvalue weighted by atomic mass is 32.2. The van der Waals surface area contributed by atoms with Crippen molar-refractivity contribution in [2.75, 3.05) is 6.61 Å². The number of halogens is 1. The van der Waals surface area contributed by atoms with Gasteiger partial charge < -0.3 is 14.5 Å². The van der Waals surface area contributed by atoms with Crippen LogP contribution in [0, 0.1) is 5.82 Å². The summed E-state index contributed by atoms with van der Waals surface area (Å²) >= 11 is 0. The first-order valence-electron chi connectivity index (χ1n) is 10.9. The molecule has 0 radical (unpaired) electrons. The second-order valence-corrected chi connectivity index (χ2v) is 9.60. The van der Waals surface area contributed by atoms with E-state index >= 15 is 0 Å². The number of nitrogens with zero attached hydrogens (tertiary/aromatic N) is 2. The molecule has 0 atom stereocenters. The Morgan fingerprint density at radius 1 is 1.12 bits per heavy atom.